The lowest BCUT2D eigenvalue weighted by molar-refractivity contribution is -0.141. The van der Waals surface area contributed by atoms with Crippen LogP contribution in [0.5, 0.6) is 0 Å². The summed E-state index contributed by atoms with van der Waals surface area (Å²) in [6.07, 6.45) is -0.157. The van der Waals surface area contributed by atoms with Crippen molar-refractivity contribution in [3.63, 3.8) is 0 Å². The van der Waals surface area contributed by atoms with Gasteiger partial charge in [0.15, 0.2) is 0 Å². The fourth-order valence-corrected chi connectivity index (χ4v) is 2.21. The van der Waals surface area contributed by atoms with E-state index in [2.05, 4.69) is 16.9 Å². The molecule has 2 aromatic rings. The maximum atomic E-state index is 13.6. The van der Waals surface area contributed by atoms with Crippen LogP contribution in [0.3, 0.4) is 0 Å². The van der Waals surface area contributed by atoms with Gasteiger partial charge in [-0.15, -0.1) is 0 Å². The number of carbonyl (C=O) groups is 2. The van der Waals surface area contributed by atoms with Crippen LogP contribution in [0.4, 0.5) is 15.8 Å². The molecule has 0 atom stereocenters. The molecule has 164 valence electrons. The fraction of sp³-hybridized carbons (Fsp3) is 0.318. The van der Waals surface area contributed by atoms with Gasteiger partial charge in [-0.1, -0.05) is 26.0 Å². The molecule has 2 aromatic carbocycles. The van der Waals surface area contributed by atoms with Gasteiger partial charge in [0.2, 0.25) is 5.24 Å². The Morgan fingerprint density at radius 2 is 1.73 bits per heavy atom. The molecule has 0 aliphatic heterocycles. The Bertz CT molecular complexity index is 823. The smallest absolute Gasteiger partial charge is 0.311 e. The molecule has 6 nitrogen and oxygen atoms in total. The summed E-state index contributed by atoms with van der Waals surface area (Å²) in [4.78, 5) is 20.8. The Morgan fingerprint density at radius 3 is 2.27 bits per heavy atom. The first-order valence-electron chi connectivity index (χ1n) is 9.50. The molecule has 30 heavy (non-hydrogen) atoms. The summed E-state index contributed by atoms with van der Waals surface area (Å²) >= 11 is 4.64. The number of rotatable bonds is 7. The van der Waals surface area contributed by atoms with Crippen molar-refractivity contribution in [2.45, 2.75) is 40.7 Å². The van der Waals surface area contributed by atoms with E-state index in [1.165, 1.54) is 25.1 Å². The quantitative estimate of drug-likeness (QED) is 0.241. The third-order valence-electron chi connectivity index (χ3n) is 3.40. The molecule has 0 spiro atoms. The van der Waals surface area contributed by atoms with E-state index in [9.17, 15) is 14.0 Å². The minimum absolute atomic E-state index is 0.0771. The van der Waals surface area contributed by atoms with E-state index in [-0.39, 0.29) is 24.0 Å². The summed E-state index contributed by atoms with van der Waals surface area (Å²) < 4.78 is 18.4. The molecule has 0 amide bonds. The van der Waals surface area contributed by atoms with Gasteiger partial charge in [-0.25, -0.2) is 4.39 Å². The molecule has 0 aliphatic carbocycles. The van der Waals surface area contributed by atoms with Gasteiger partial charge < -0.3 is 21.2 Å². The Kier molecular flexibility index (Phi) is 13.5. The van der Waals surface area contributed by atoms with Crippen molar-refractivity contribution in [2.75, 3.05) is 17.7 Å². The first kappa shape index (κ1) is 27.1. The first-order chi connectivity index (χ1) is 14.2. The van der Waals surface area contributed by atoms with Crippen LogP contribution in [0.25, 0.3) is 0 Å². The number of anilines is 2. The number of hydrogen-bond donors (Lipinski definition) is 3. The predicted molar refractivity (Wildman–Crippen MR) is 121 cm³/mol. The highest BCUT2D eigenvalue weighted by Gasteiger charge is 2.13. The van der Waals surface area contributed by atoms with Crippen LogP contribution in [0.1, 0.15) is 45.2 Å². The van der Waals surface area contributed by atoms with Crippen LogP contribution in [-0.2, 0) is 20.9 Å². The lowest BCUT2D eigenvalue weighted by Crippen LogP contribution is -2.13. The number of hydrogen-bond acceptors (Lipinski definition) is 6. The summed E-state index contributed by atoms with van der Waals surface area (Å²) in [5, 5.41) is 10.8. The average Bonchev–Trinajstić information content (AvgIpc) is 2.69. The molecule has 0 saturated heterocycles. The first-order valence-corrected chi connectivity index (χ1v) is 9.88. The second-order valence-corrected chi connectivity index (χ2v) is 6.25. The SMILES string of the molecule is CC.CC(=O)Cl.CCOC(=O)CC(=N)c1ccc(F)cc1NCc1ccc(N)cc1. The predicted octanol–water partition coefficient (Wildman–Crippen LogP) is 5.14. The van der Waals surface area contributed by atoms with E-state index in [4.69, 9.17) is 15.9 Å². The summed E-state index contributed by atoms with van der Waals surface area (Å²) in [5.41, 5.74) is 8.29. The third-order valence-corrected chi connectivity index (χ3v) is 3.40. The minimum Gasteiger partial charge on any atom is -0.466 e. The molecule has 0 saturated carbocycles. The van der Waals surface area contributed by atoms with E-state index < -0.39 is 11.8 Å². The van der Waals surface area contributed by atoms with E-state index in [0.717, 1.165) is 5.56 Å². The van der Waals surface area contributed by atoms with Crippen LogP contribution in [0, 0.1) is 11.2 Å². The molecule has 0 aliphatic rings. The van der Waals surface area contributed by atoms with Crippen molar-refractivity contribution in [3.8, 4) is 0 Å². The van der Waals surface area contributed by atoms with Crippen molar-refractivity contribution < 1.29 is 18.7 Å². The molecule has 0 unspecified atom stereocenters. The number of esters is 1. The molecule has 0 heterocycles. The van der Waals surface area contributed by atoms with Crippen molar-refractivity contribution in [3.05, 3.63) is 59.4 Å². The molecular weight excluding hydrogens is 409 g/mol. The van der Waals surface area contributed by atoms with E-state index in [1.807, 2.05) is 26.0 Å². The molecule has 0 fully saturated rings. The van der Waals surface area contributed by atoms with Crippen molar-refractivity contribution in [2.24, 2.45) is 0 Å². The maximum Gasteiger partial charge on any atom is 0.311 e. The zero-order chi connectivity index (χ0) is 23.1. The maximum absolute atomic E-state index is 13.6. The Hall–Kier alpha value is -2.93. The standard InChI is InChI=1S/C18H20FN3O2.C2H3ClO.C2H6/c1-2-24-18(23)10-16(21)15-8-5-13(19)9-17(15)22-11-12-3-6-14(20)7-4-12;1-2(3)4;1-2/h3-9,21-22H,2,10-11,20H2,1H3;1H3;1-2H3. The molecular formula is C22H29ClFN3O3. The van der Waals surface area contributed by atoms with Crippen LogP contribution < -0.4 is 11.1 Å². The van der Waals surface area contributed by atoms with Gasteiger partial charge in [-0.3, -0.25) is 9.59 Å². The number of carbonyl (C=O) groups excluding carboxylic acids is 2. The summed E-state index contributed by atoms with van der Waals surface area (Å²) in [5.74, 6) is -0.890. The van der Waals surface area contributed by atoms with Gasteiger partial charge in [0.1, 0.15) is 5.82 Å². The third kappa shape index (κ3) is 11.2. The van der Waals surface area contributed by atoms with Gasteiger partial charge in [-0.2, -0.15) is 0 Å². The van der Waals surface area contributed by atoms with Crippen molar-refractivity contribution in [1.82, 2.24) is 0 Å². The van der Waals surface area contributed by atoms with Crippen LogP contribution in [0.15, 0.2) is 42.5 Å². The monoisotopic (exact) mass is 437 g/mol. The zero-order valence-corrected chi connectivity index (χ0v) is 18.5. The van der Waals surface area contributed by atoms with Gasteiger partial charge in [0.05, 0.1) is 18.7 Å². The average molecular weight is 438 g/mol. The lowest BCUT2D eigenvalue weighted by atomic mass is 10.0. The van der Waals surface area contributed by atoms with E-state index in [0.29, 0.717) is 23.5 Å². The fourth-order valence-electron chi connectivity index (χ4n) is 2.21. The normalized spacial score (nSPS) is 9.27. The highest BCUT2D eigenvalue weighted by molar-refractivity contribution is 6.62. The second kappa shape index (κ2) is 15.0. The highest BCUT2D eigenvalue weighted by atomic mass is 35.5. The number of nitrogens with two attached hydrogens (primary N) is 1. The topological polar surface area (TPSA) is 105 Å². The Labute approximate surface area is 182 Å². The van der Waals surface area contributed by atoms with Gasteiger partial charge in [0, 0.05) is 30.4 Å². The number of ether oxygens (including phenoxy) is 1. The molecule has 0 aromatic heterocycles. The van der Waals surface area contributed by atoms with Crippen molar-refractivity contribution in [1.29, 1.82) is 5.41 Å². The van der Waals surface area contributed by atoms with Crippen molar-refractivity contribution >= 4 is 39.9 Å². The van der Waals surface area contributed by atoms with Crippen LogP contribution in [-0.4, -0.2) is 23.5 Å². The zero-order valence-electron chi connectivity index (χ0n) is 17.7. The number of nitrogen functional groups attached to an aromatic ring is 1. The lowest BCUT2D eigenvalue weighted by Gasteiger charge is -2.13. The summed E-state index contributed by atoms with van der Waals surface area (Å²) in [6.45, 7) is 7.71. The summed E-state index contributed by atoms with van der Waals surface area (Å²) in [6, 6.07) is 11.4. The molecule has 2 rings (SSSR count). The van der Waals surface area contributed by atoms with Crippen LogP contribution >= 0.6 is 11.6 Å². The van der Waals surface area contributed by atoms with Gasteiger partial charge in [-0.05, 0) is 54.4 Å². The highest BCUT2D eigenvalue weighted by Crippen LogP contribution is 2.20. The van der Waals surface area contributed by atoms with Gasteiger partial charge >= 0.3 is 5.97 Å². The van der Waals surface area contributed by atoms with Gasteiger partial charge in [0.25, 0.3) is 0 Å². The van der Waals surface area contributed by atoms with Crippen LogP contribution in [0.2, 0.25) is 0 Å². The molecule has 4 N–H and O–H groups in total. The molecule has 0 bridgehead atoms. The molecule has 8 heteroatoms. The number of nitrogens with one attached hydrogen (secondary N) is 2. The second-order valence-electron chi connectivity index (χ2n) is 5.72. The Balaban J connectivity index is 0.00000125. The Morgan fingerprint density at radius 1 is 1.17 bits per heavy atom. The number of halogens is 2. The summed E-state index contributed by atoms with van der Waals surface area (Å²) in [7, 11) is 0. The number of benzene rings is 2. The molecule has 0 radical (unpaired) electrons. The van der Waals surface area contributed by atoms with E-state index >= 15 is 0 Å². The van der Waals surface area contributed by atoms with E-state index in [1.54, 1.807) is 19.1 Å². The largest absolute Gasteiger partial charge is 0.466 e. The minimum atomic E-state index is -0.476.